The highest BCUT2D eigenvalue weighted by molar-refractivity contribution is 5.96. The van der Waals surface area contributed by atoms with Crippen molar-refractivity contribution in [2.75, 3.05) is 5.32 Å². The third kappa shape index (κ3) is 3.81. The van der Waals surface area contributed by atoms with Gasteiger partial charge in [-0.2, -0.15) is 0 Å². The predicted molar refractivity (Wildman–Crippen MR) is 88.6 cm³/mol. The normalized spacial score (nSPS) is 10.2. The SMILES string of the molecule is O=C(Nc1nnn(-c2ccccc2)c1C(=O)O)OCc1ccccc1. The van der Waals surface area contributed by atoms with Gasteiger partial charge in [0.25, 0.3) is 0 Å². The average molecular weight is 338 g/mol. The second-order valence-electron chi connectivity index (χ2n) is 5.03. The summed E-state index contributed by atoms with van der Waals surface area (Å²) in [4.78, 5) is 23.4. The maximum Gasteiger partial charge on any atom is 0.413 e. The molecular formula is C17H14N4O4. The number of aromatic nitrogens is 3. The molecule has 0 aliphatic rings. The Morgan fingerprint density at radius 1 is 1.04 bits per heavy atom. The van der Waals surface area contributed by atoms with Crippen LogP contribution in [-0.2, 0) is 11.3 Å². The summed E-state index contributed by atoms with van der Waals surface area (Å²) >= 11 is 0. The molecule has 1 amide bonds. The molecule has 25 heavy (non-hydrogen) atoms. The molecule has 0 atom stereocenters. The van der Waals surface area contributed by atoms with Crippen molar-refractivity contribution < 1.29 is 19.4 Å². The quantitative estimate of drug-likeness (QED) is 0.741. The van der Waals surface area contributed by atoms with E-state index in [0.29, 0.717) is 5.69 Å². The average Bonchev–Trinajstić information content (AvgIpc) is 3.05. The van der Waals surface area contributed by atoms with Crippen molar-refractivity contribution in [2.24, 2.45) is 0 Å². The van der Waals surface area contributed by atoms with Gasteiger partial charge in [-0.25, -0.2) is 14.3 Å². The van der Waals surface area contributed by atoms with Crippen LogP contribution in [0.25, 0.3) is 5.69 Å². The van der Waals surface area contributed by atoms with Gasteiger partial charge in [0.05, 0.1) is 5.69 Å². The Morgan fingerprint density at radius 3 is 2.32 bits per heavy atom. The molecule has 0 saturated carbocycles. The number of benzene rings is 2. The first-order valence-electron chi connectivity index (χ1n) is 7.37. The van der Waals surface area contributed by atoms with E-state index in [0.717, 1.165) is 10.2 Å². The molecule has 3 aromatic rings. The maximum absolute atomic E-state index is 11.9. The third-order valence-corrected chi connectivity index (χ3v) is 3.31. The summed E-state index contributed by atoms with van der Waals surface area (Å²) in [5, 5.41) is 19.3. The maximum atomic E-state index is 11.9. The number of carboxylic acid groups (broad SMARTS) is 1. The highest BCUT2D eigenvalue weighted by atomic mass is 16.5. The van der Waals surface area contributed by atoms with Crippen LogP contribution in [0.2, 0.25) is 0 Å². The lowest BCUT2D eigenvalue weighted by atomic mass is 10.2. The van der Waals surface area contributed by atoms with Gasteiger partial charge in [-0.1, -0.05) is 53.7 Å². The topological polar surface area (TPSA) is 106 Å². The number of carbonyl (C=O) groups is 2. The van der Waals surface area contributed by atoms with Crippen molar-refractivity contribution in [1.29, 1.82) is 0 Å². The van der Waals surface area contributed by atoms with Gasteiger partial charge < -0.3 is 9.84 Å². The third-order valence-electron chi connectivity index (χ3n) is 3.31. The Labute approximate surface area is 142 Å². The number of carboxylic acids is 1. The Bertz CT molecular complexity index is 878. The van der Waals surface area contributed by atoms with E-state index in [2.05, 4.69) is 15.6 Å². The van der Waals surface area contributed by atoms with Crippen molar-refractivity contribution in [1.82, 2.24) is 15.0 Å². The molecule has 2 N–H and O–H groups in total. The van der Waals surface area contributed by atoms with Crippen molar-refractivity contribution in [3.8, 4) is 5.69 Å². The van der Waals surface area contributed by atoms with Crippen LogP contribution in [0, 0.1) is 0 Å². The molecular weight excluding hydrogens is 324 g/mol. The Kier molecular flexibility index (Phi) is 4.70. The number of para-hydroxylation sites is 1. The molecule has 1 heterocycles. The van der Waals surface area contributed by atoms with Gasteiger partial charge in [0, 0.05) is 0 Å². The van der Waals surface area contributed by atoms with Crippen molar-refractivity contribution in [2.45, 2.75) is 6.61 Å². The molecule has 0 unspecified atom stereocenters. The van der Waals surface area contributed by atoms with E-state index >= 15 is 0 Å². The number of carbonyl (C=O) groups excluding carboxylic acids is 1. The van der Waals surface area contributed by atoms with E-state index in [1.54, 1.807) is 30.3 Å². The fourth-order valence-corrected chi connectivity index (χ4v) is 2.16. The number of hydrogen-bond donors (Lipinski definition) is 2. The van der Waals surface area contributed by atoms with Crippen LogP contribution < -0.4 is 5.32 Å². The zero-order valence-electron chi connectivity index (χ0n) is 13.0. The highest BCUT2D eigenvalue weighted by Crippen LogP contribution is 2.17. The van der Waals surface area contributed by atoms with Crippen LogP contribution in [0.1, 0.15) is 16.1 Å². The first-order chi connectivity index (χ1) is 12.1. The van der Waals surface area contributed by atoms with Gasteiger partial charge >= 0.3 is 12.1 Å². The summed E-state index contributed by atoms with van der Waals surface area (Å²) in [6.07, 6.45) is -0.813. The molecule has 8 nitrogen and oxygen atoms in total. The molecule has 126 valence electrons. The van der Waals surface area contributed by atoms with Crippen LogP contribution in [0.5, 0.6) is 0 Å². The lowest BCUT2D eigenvalue weighted by molar-refractivity contribution is 0.0688. The van der Waals surface area contributed by atoms with Gasteiger partial charge in [-0.05, 0) is 17.7 Å². The minimum absolute atomic E-state index is 0.0574. The van der Waals surface area contributed by atoms with Gasteiger partial charge in [0.15, 0.2) is 11.5 Å². The first kappa shape index (κ1) is 16.2. The van der Waals surface area contributed by atoms with E-state index in [1.165, 1.54) is 0 Å². The predicted octanol–water partition coefficient (Wildman–Crippen LogP) is 2.71. The van der Waals surface area contributed by atoms with Crippen LogP contribution in [0.4, 0.5) is 10.6 Å². The van der Waals surface area contributed by atoms with Crippen LogP contribution >= 0.6 is 0 Å². The van der Waals surface area contributed by atoms with E-state index in [1.807, 2.05) is 30.3 Å². The summed E-state index contributed by atoms with van der Waals surface area (Å²) in [6.45, 7) is 0.0574. The molecule has 1 aromatic heterocycles. The summed E-state index contributed by atoms with van der Waals surface area (Å²) in [5.74, 6) is -1.46. The van der Waals surface area contributed by atoms with Crippen molar-refractivity contribution >= 4 is 17.9 Å². The lowest BCUT2D eigenvalue weighted by Crippen LogP contribution is -2.17. The highest BCUT2D eigenvalue weighted by Gasteiger charge is 2.22. The Balaban J connectivity index is 1.75. The zero-order valence-corrected chi connectivity index (χ0v) is 13.0. The summed E-state index contributed by atoms with van der Waals surface area (Å²) < 4.78 is 6.20. The second-order valence-corrected chi connectivity index (χ2v) is 5.03. The van der Waals surface area contributed by atoms with Crippen molar-refractivity contribution in [3.63, 3.8) is 0 Å². The smallest absolute Gasteiger partial charge is 0.413 e. The molecule has 0 radical (unpaired) electrons. The van der Waals surface area contributed by atoms with Crippen LogP contribution in [0.3, 0.4) is 0 Å². The number of nitrogens with one attached hydrogen (secondary N) is 1. The number of amides is 1. The largest absolute Gasteiger partial charge is 0.476 e. The van der Waals surface area contributed by atoms with E-state index in [9.17, 15) is 14.7 Å². The molecule has 0 aliphatic heterocycles. The van der Waals surface area contributed by atoms with Crippen molar-refractivity contribution in [3.05, 3.63) is 71.9 Å². The van der Waals surface area contributed by atoms with Gasteiger partial charge in [-0.15, -0.1) is 5.10 Å². The van der Waals surface area contributed by atoms with E-state index < -0.39 is 12.1 Å². The molecule has 2 aromatic carbocycles. The van der Waals surface area contributed by atoms with E-state index in [4.69, 9.17) is 4.74 Å². The summed E-state index contributed by atoms with van der Waals surface area (Å²) in [5.41, 5.74) is 1.06. The number of ether oxygens (including phenoxy) is 1. The molecule has 0 aliphatic carbocycles. The minimum atomic E-state index is -1.27. The molecule has 0 bridgehead atoms. The van der Waals surface area contributed by atoms with Crippen LogP contribution in [0.15, 0.2) is 60.7 Å². The van der Waals surface area contributed by atoms with Gasteiger partial charge in [0.2, 0.25) is 0 Å². The molecule has 0 fully saturated rings. The second kappa shape index (κ2) is 7.26. The molecule has 0 spiro atoms. The van der Waals surface area contributed by atoms with Gasteiger partial charge in [0.1, 0.15) is 6.61 Å². The molecule has 8 heteroatoms. The Morgan fingerprint density at radius 2 is 1.68 bits per heavy atom. The molecule has 3 rings (SSSR count). The fraction of sp³-hybridized carbons (Fsp3) is 0.0588. The number of rotatable bonds is 5. The zero-order chi connectivity index (χ0) is 17.6. The van der Waals surface area contributed by atoms with Gasteiger partial charge in [-0.3, -0.25) is 5.32 Å². The number of nitrogens with zero attached hydrogens (tertiary/aromatic N) is 3. The summed E-state index contributed by atoms with van der Waals surface area (Å²) in [7, 11) is 0. The van der Waals surface area contributed by atoms with E-state index in [-0.39, 0.29) is 18.1 Å². The fourth-order valence-electron chi connectivity index (χ4n) is 2.16. The lowest BCUT2D eigenvalue weighted by Gasteiger charge is -2.06. The van der Waals surface area contributed by atoms with Crippen LogP contribution in [-0.4, -0.2) is 32.2 Å². The summed E-state index contributed by atoms with van der Waals surface area (Å²) in [6, 6.07) is 17.7. The number of hydrogen-bond acceptors (Lipinski definition) is 5. The monoisotopic (exact) mass is 338 g/mol. The number of aromatic carboxylic acids is 1. The number of anilines is 1. The Hall–Kier alpha value is -3.68. The first-order valence-corrected chi connectivity index (χ1v) is 7.37. The minimum Gasteiger partial charge on any atom is -0.476 e. The molecule has 0 saturated heterocycles. The standard InChI is InChI=1S/C17H14N4O4/c22-16(23)14-15(19-20-21(14)13-9-5-2-6-10-13)18-17(24)25-11-12-7-3-1-4-8-12/h1-10H,11H2,(H,18,24)(H,22,23).